The molecule has 1 aliphatic carbocycles. The predicted octanol–water partition coefficient (Wildman–Crippen LogP) is 2.89. The third-order valence-corrected chi connectivity index (χ3v) is 6.34. The van der Waals surface area contributed by atoms with Crippen molar-refractivity contribution < 1.29 is 22.0 Å². The zero-order valence-electron chi connectivity index (χ0n) is 15.9. The number of nitrogens with one attached hydrogen (secondary N) is 1. The number of amides is 1. The molecular weight excluding hydrogens is 398 g/mol. The highest BCUT2D eigenvalue weighted by molar-refractivity contribution is 7.88. The van der Waals surface area contributed by atoms with Gasteiger partial charge in [-0.2, -0.15) is 0 Å². The Bertz CT molecular complexity index is 1060. The standard InChI is InChI=1S/C21H22F2N2O3S/c1-29(27,28)24-14-8-9-25(12-14)21(26)18-11-17(18)16-5-3-2-4-15(16)13-6-7-19(22)20(23)10-13/h2-7,10,14,17-18,24H,8-9,11-12H2,1H3/t14-,17+,18-/m1/s1. The van der Waals surface area contributed by atoms with Crippen LogP contribution in [0.4, 0.5) is 8.78 Å². The number of carbonyl (C=O) groups excluding carboxylic acids is 1. The molecule has 0 bridgehead atoms. The summed E-state index contributed by atoms with van der Waals surface area (Å²) < 4.78 is 52.3. The number of nitrogens with zero attached hydrogens (tertiary/aromatic N) is 1. The predicted molar refractivity (Wildman–Crippen MR) is 106 cm³/mol. The monoisotopic (exact) mass is 420 g/mol. The van der Waals surface area contributed by atoms with Crippen LogP contribution in [-0.2, 0) is 14.8 Å². The summed E-state index contributed by atoms with van der Waals surface area (Å²) in [5, 5.41) is 0. The van der Waals surface area contributed by atoms with Gasteiger partial charge in [-0.1, -0.05) is 30.3 Å². The number of sulfonamides is 1. The van der Waals surface area contributed by atoms with Gasteiger partial charge in [0.25, 0.3) is 0 Å². The zero-order valence-corrected chi connectivity index (χ0v) is 16.8. The van der Waals surface area contributed by atoms with Gasteiger partial charge >= 0.3 is 0 Å². The minimum absolute atomic E-state index is 0.0212. The van der Waals surface area contributed by atoms with Crippen LogP contribution in [0.5, 0.6) is 0 Å². The molecule has 1 heterocycles. The molecule has 1 aliphatic heterocycles. The Hall–Kier alpha value is -2.32. The van der Waals surface area contributed by atoms with Crippen LogP contribution in [0.15, 0.2) is 42.5 Å². The number of hydrogen-bond donors (Lipinski definition) is 1. The van der Waals surface area contributed by atoms with Gasteiger partial charge in [-0.05, 0) is 47.6 Å². The third-order valence-electron chi connectivity index (χ3n) is 5.58. The van der Waals surface area contributed by atoms with Crippen molar-refractivity contribution in [1.29, 1.82) is 0 Å². The van der Waals surface area contributed by atoms with Crippen LogP contribution in [0.3, 0.4) is 0 Å². The number of halogens is 2. The number of likely N-dealkylation sites (tertiary alicyclic amines) is 1. The van der Waals surface area contributed by atoms with Crippen LogP contribution in [0.1, 0.15) is 24.3 Å². The molecule has 4 rings (SSSR count). The summed E-state index contributed by atoms with van der Waals surface area (Å²) in [6.07, 6.45) is 2.41. The summed E-state index contributed by atoms with van der Waals surface area (Å²) >= 11 is 0. The van der Waals surface area contributed by atoms with Gasteiger partial charge in [0.15, 0.2) is 11.6 Å². The molecule has 2 aromatic rings. The Morgan fingerprint density at radius 3 is 2.62 bits per heavy atom. The van der Waals surface area contributed by atoms with Gasteiger partial charge in [0.1, 0.15) is 0 Å². The Morgan fingerprint density at radius 2 is 1.90 bits per heavy atom. The Kier molecular flexibility index (Phi) is 5.16. The van der Waals surface area contributed by atoms with E-state index in [1.54, 1.807) is 11.0 Å². The molecule has 3 atom stereocenters. The average Bonchev–Trinajstić information content (AvgIpc) is 3.34. The summed E-state index contributed by atoms with van der Waals surface area (Å²) in [6, 6.07) is 11.1. The van der Waals surface area contributed by atoms with Crippen molar-refractivity contribution in [3.05, 3.63) is 59.7 Å². The zero-order chi connectivity index (χ0) is 20.8. The first-order valence-electron chi connectivity index (χ1n) is 9.53. The minimum Gasteiger partial charge on any atom is -0.341 e. The van der Waals surface area contributed by atoms with Gasteiger partial charge in [0.2, 0.25) is 15.9 Å². The maximum absolute atomic E-state index is 13.7. The van der Waals surface area contributed by atoms with Crippen LogP contribution < -0.4 is 4.72 Å². The van der Waals surface area contributed by atoms with Crippen LogP contribution in [0.25, 0.3) is 11.1 Å². The molecule has 0 aromatic heterocycles. The lowest BCUT2D eigenvalue weighted by Crippen LogP contribution is -2.38. The molecule has 5 nitrogen and oxygen atoms in total. The first-order chi connectivity index (χ1) is 13.7. The molecule has 0 spiro atoms. The molecule has 1 saturated heterocycles. The molecule has 8 heteroatoms. The third kappa shape index (κ3) is 4.33. The number of hydrogen-bond acceptors (Lipinski definition) is 3. The van der Waals surface area contributed by atoms with Crippen molar-refractivity contribution in [2.24, 2.45) is 5.92 Å². The fourth-order valence-corrected chi connectivity index (χ4v) is 4.95. The highest BCUT2D eigenvalue weighted by Crippen LogP contribution is 2.51. The lowest BCUT2D eigenvalue weighted by Gasteiger charge is -2.17. The van der Waals surface area contributed by atoms with Gasteiger partial charge in [-0.15, -0.1) is 0 Å². The van der Waals surface area contributed by atoms with E-state index in [9.17, 15) is 22.0 Å². The summed E-state index contributed by atoms with van der Waals surface area (Å²) in [7, 11) is -3.30. The molecule has 0 radical (unpaired) electrons. The maximum atomic E-state index is 13.7. The van der Waals surface area contributed by atoms with Gasteiger partial charge in [-0.3, -0.25) is 4.79 Å². The van der Waals surface area contributed by atoms with Gasteiger partial charge < -0.3 is 4.90 Å². The van der Waals surface area contributed by atoms with E-state index in [0.717, 1.165) is 23.4 Å². The fraction of sp³-hybridized carbons (Fsp3) is 0.381. The van der Waals surface area contributed by atoms with E-state index in [0.29, 0.717) is 31.5 Å². The van der Waals surface area contributed by atoms with E-state index < -0.39 is 21.7 Å². The molecule has 2 fully saturated rings. The molecule has 154 valence electrons. The Labute approximate surface area is 168 Å². The van der Waals surface area contributed by atoms with Crippen LogP contribution in [0, 0.1) is 17.6 Å². The lowest BCUT2D eigenvalue weighted by atomic mass is 9.95. The largest absolute Gasteiger partial charge is 0.341 e. The van der Waals surface area contributed by atoms with Gasteiger partial charge in [0, 0.05) is 25.0 Å². The highest BCUT2D eigenvalue weighted by Gasteiger charge is 2.47. The van der Waals surface area contributed by atoms with Crippen molar-refractivity contribution in [2.45, 2.75) is 24.8 Å². The van der Waals surface area contributed by atoms with Gasteiger partial charge in [-0.25, -0.2) is 21.9 Å². The van der Waals surface area contributed by atoms with E-state index in [2.05, 4.69) is 4.72 Å². The average molecular weight is 420 g/mol. The molecule has 29 heavy (non-hydrogen) atoms. The highest BCUT2D eigenvalue weighted by atomic mass is 32.2. The quantitative estimate of drug-likeness (QED) is 0.809. The van der Waals surface area contributed by atoms with Crippen molar-refractivity contribution in [3.8, 4) is 11.1 Å². The first-order valence-corrected chi connectivity index (χ1v) is 11.4. The second-order valence-corrected chi connectivity index (χ2v) is 9.60. The van der Waals surface area contributed by atoms with Crippen LogP contribution in [-0.4, -0.2) is 44.6 Å². The van der Waals surface area contributed by atoms with Gasteiger partial charge in [0.05, 0.1) is 6.26 Å². The van der Waals surface area contributed by atoms with E-state index in [1.165, 1.54) is 6.07 Å². The summed E-state index contributed by atoms with van der Waals surface area (Å²) in [5.41, 5.74) is 2.32. The maximum Gasteiger partial charge on any atom is 0.226 e. The van der Waals surface area contributed by atoms with Crippen LogP contribution >= 0.6 is 0 Å². The fourth-order valence-electron chi connectivity index (χ4n) is 4.15. The van der Waals surface area contributed by atoms with Crippen molar-refractivity contribution in [3.63, 3.8) is 0 Å². The summed E-state index contributed by atoms with van der Waals surface area (Å²) in [5.74, 6) is -1.92. The first kappa shape index (κ1) is 20.0. The summed E-state index contributed by atoms with van der Waals surface area (Å²) in [6.45, 7) is 0.903. The molecule has 1 amide bonds. The molecule has 1 N–H and O–H groups in total. The number of rotatable bonds is 5. The number of benzene rings is 2. The van der Waals surface area contributed by atoms with E-state index in [4.69, 9.17) is 0 Å². The van der Waals surface area contributed by atoms with E-state index >= 15 is 0 Å². The topological polar surface area (TPSA) is 66.5 Å². The van der Waals surface area contributed by atoms with Crippen molar-refractivity contribution >= 4 is 15.9 Å². The van der Waals surface area contributed by atoms with Crippen LogP contribution in [0.2, 0.25) is 0 Å². The molecule has 0 unspecified atom stereocenters. The normalized spacial score (nSPS) is 24.0. The van der Waals surface area contributed by atoms with E-state index in [1.807, 2.05) is 24.3 Å². The Balaban J connectivity index is 1.48. The molecule has 2 aliphatic rings. The lowest BCUT2D eigenvalue weighted by molar-refractivity contribution is -0.131. The molecule has 2 aromatic carbocycles. The molecule has 1 saturated carbocycles. The van der Waals surface area contributed by atoms with Crippen molar-refractivity contribution in [2.75, 3.05) is 19.3 Å². The molecular formula is C21H22F2N2O3S. The number of carbonyl (C=O) groups is 1. The second-order valence-electron chi connectivity index (χ2n) is 7.82. The van der Waals surface area contributed by atoms with E-state index in [-0.39, 0.29) is 23.8 Å². The SMILES string of the molecule is CS(=O)(=O)N[C@@H]1CCN(C(=O)[C@@H]2C[C@H]2c2ccccc2-c2ccc(F)c(F)c2)C1. The minimum atomic E-state index is -3.30. The summed E-state index contributed by atoms with van der Waals surface area (Å²) in [4.78, 5) is 14.6. The smallest absolute Gasteiger partial charge is 0.226 e. The van der Waals surface area contributed by atoms with Crippen molar-refractivity contribution in [1.82, 2.24) is 9.62 Å². The Morgan fingerprint density at radius 1 is 1.14 bits per heavy atom. The second kappa shape index (κ2) is 7.50.